The highest BCUT2D eigenvalue weighted by molar-refractivity contribution is 5.94. The van der Waals surface area contributed by atoms with Gasteiger partial charge in [0.1, 0.15) is 5.69 Å². The van der Waals surface area contributed by atoms with Gasteiger partial charge in [-0.3, -0.25) is 14.6 Å². The van der Waals surface area contributed by atoms with E-state index in [9.17, 15) is 9.59 Å². The van der Waals surface area contributed by atoms with Crippen LogP contribution in [0, 0.1) is 0 Å². The van der Waals surface area contributed by atoms with Crippen molar-refractivity contribution in [2.24, 2.45) is 5.73 Å². The van der Waals surface area contributed by atoms with Crippen molar-refractivity contribution in [1.82, 2.24) is 15.2 Å². The van der Waals surface area contributed by atoms with E-state index >= 15 is 0 Å². The Kier molecular flexibility index (Phi) is 3.88. The molecular formula is C12H16N4O2. The van der Waals surface area contributed by atoms with E-state index in [1.165, 1.54) is 6.20 Å². The molecule has 1 aliphatic rings. The van der Waals surface area contributed by atoms with Crippen molar-refractivity contribution in [3.05, 3.63) is 30.1 Å². The molecule has 1 atom stereocenters. The molecule has 2 rings (SSSR count). The van der Waals surface area contributed by atoms with Crippen molar-refractivity contribution in [3.63, 3.8) is 0 Å². The second-order valence-corrected chi connectivity index (χ2v) is 4.29. The first kappa shape index (κ1) is 12.5. The number of pyridine rings is 1. The van der Waals surface area contributed by atoms with Crippen molar-refractivity contribution < 1.29 is 9.59 Å². The third-order valence-corrected chi connectivity index (χ3v) is 2.88. The second kappa shape index (κ2) is 5.59. The number of amides is 2. The van der Waals surface area contributed by atoms with Gasteiger partial charge >= 0.3 is 0 Å². The quantitative estimate of drug-likeness (QED) is 0.745. The summed E-state index contributed by atoms with van der Waals surface area (Å²) in [6.07, 6.45) is 2.36. The maximum atomic E-state index is 11.8. The van der Waals surface area contributed by atoms with Crippen LogP contribution >= 0.6 is 0 Å². The molecule has 1 saturated heterocycles. The maximum Gasteiger partial charge on any atom is 0.270 e. The van der Waals surface area contributed by atoms with E-state index in [1.807, 2.05) is 0 Å². The third-order valence-electron chi connectivity index (χ3n) is 2.88. The molecule has 2 heterocycles. The number of nitrogens with one attached hydrogen (secondary N) is 1. The Balaban J connectivity index is 1.81. The van der Waals surface area contributed by atoms with E-state index in [0.717, 1.165) is 6.42 Å². The number of nitrogens with zero attached hydrogens (tertiary/aromatic N) is 2. The molecule has 6 nitrogen and oxygen atoms in total. The van der Waals surface area contributed by atoms with Gasteiger partial charge in [-0.15, -0.1) is 0 Å². The molecule has 18 heavy (non-hydrogen) atoms. The van der Waals surface area contributed by atoms with E-state index in [4.69, 9.17) is 5.73 Å². The number of hydrogen-bond acceptors (Lipinski definition) is 4. The first-order valence-corrected chi connectivity index (χ1v) is 5.89. The molecule has 1 fully saturated rings. The van der Waals surface area contributed by atoms with Crippen LogP contribution in [0.1, 0.15) is 16.9 Å². The Hall–Kier alpha value is -1.95. The minimum atomic E-state index is -0.340. The van der Waals surface area contributed by atoms with Gasteiger partial charge in [0.2, 0.25) is 5.91 Å². The summed E-state index contributed by atoms with van der Waals surface area (Å²) in [5, 5.41) is 2.56. The van der Waals surface area contributed by atoms with Crippen LogP contribution in [0.2, 0.25) is 0 Å². The van der Waals surface area contributed by atoms with Gasteiger partial charge in [0.25, 0.3) is 5.91 Å². The summed E-state index contributed by atoms with van der Waals surface area (Å²) in [6, 6.07) is 5.11. The largest absolute Gasteiger partial charge is 0.342 e. The minimum absolute atomic E-state index is 0.0118. The molecule has 1 aromatic heterocycles. The van der Waals surface area contributed by atoms with Gasteiger partial charge in [-0.2, -0.15) is 0 Å². The molecule has 0 aromatic carbocycles. The minimum Gasteiger partial charge on any atom is -0.342 e. The molecule has 0 unspecified atom stereocenters. The SMILES string of the molecule is N[C@@H]1CCN(C(=O)CNC(=O)c2ccccn2)C1. The van der Waals surface area contributed by atoms with Crippen LogP contribution < -0.4 is 11.1 Å². The van der Waals surface area contributed by atoms with Crippen molar-refractivity contribution in [1.29, 1.82) is 0 Å². The fraction of sp³-hybridized carbons (Fsp3) is 0.417. The first-order valence-electron chi connectivity index (χ1n) is 5.89. The van der Waals surface area contributed by atoms with Gasteiger partial charge in [0.15, 0.2) is 0 Å². The average molecular weight is 248 g/mol. The van der Waals surface area contributed by atoms with E-state index < -0.39 is 0 Å². The van der Waals surface area contributed by atoms with E-state index in [0.29, 0.717) is 18.8 Å². The predicted molar refractivity (Wildman–Crippen MR) is 65.7 cm³/mol. The summed E-state index contributed by atoms with van der Waals surface area (Å²) < 4.78 is 0. The summed E-state index contributed by atoms with van der Waals surface area (Å²) in [5.41, 5.74) is 6.03. The van der Waals surface area contributed by atoms with Crippen molar-refractivity contribution in [2.45, 2.75) is 12.5 Å². The lowest BCUT2D eigenvalue weighted by atomic mass is 10.3. The Morgan fingerprint density at radius 3 is 2.94 bits per heavy atom. The molecule has 96 valence electrons. The van der Waals surface area contributed by atoms with Gasteiger partial charge < -0.3 is 16.0 Å². The molecule has 1 aliphatic heterocycles. The van der Waals surface area contributed by atoms with Crippen LogP contribution in [0.15, 0.2) is 24.4 Å². The lowest BCUT2D eigenvalue weighted by Gasteiger charge is -2.15. The van der Waals surface area contributed by atoms with E-state index in [1.54, 1.807) is 23.1 Å². The molecule has 0 saturated carbocycles. The van der Waals surface area contributed by atoms with E-state index in [2.05, 4.69) is 10.3 Å². The summed E-state index contributed by atoms with van der Waals surface area (Å²) >= 11 is 0. The zero-order chi connectivity index (χ0) is 13.0. The van der Waals surface area contributed by atoms with Gasteiger partial charge in [-0.1, -0.05) is 6.07 Å². The van der Waals surface area contributed by atoms with Crippen molar-refractivity contribution >= 4 is 11.8 Å². The highest BCUT2D eigenvalue weighted by atomic mass is 16.2. The van der Waals surface area contributed by atoms with Crippen LogP contribution in [0.3, 0.4) is 0 Å². The third kappa shape index (κ3) is 3.04. The number of nitrogens with two attached hydrogens (primary N) is 1. The zero-order valence-electron chi connectivity index (χ0n) is 10.0. The standard InChI is InChI=1S/C12H16N4O2/c13-9-4-6-16(8-9)11(17)7-15-12(18)10-3-1-2-5-14-10/h1-3,5,9H,4,6-8,13H2,(H,15,18)/t9-/m1/s1. The fourth-order valence-corrected chi connectivity index (χ4v) is 1.87. The van der Waals surface area contributed by atoms with Crippen LogP contribution in [0.4, 0.5) is 0 Å². The van der Waals surface area contributed by atoms with E-state index in [-0.39, 0.29) is 24.4 Å². The molecule has 1 aromatic rings. The summed E-state index contributed by atoms with van der Waals surface area (Å²) in [6.45, 7) is 1.22. The lowest BCUT2D eigenvalue weighted by Crippen LogP contribution is -2.40. The normalized spacial score (nSPS) is 18.7. The molecule has 6 heteroatoms. The number of rotatable bonds is 3. The Morgan fingerprint density at radius 1 is 1.50 bits per heavy atom. The van der Waals surface area contributed by atoms with Crippen LogP contribution in [0.5, 0.6) is 0 Å². The number of carbonyl (C=O) groups is 2. The van der Waals surface area contributed by atoms with Gasteiger partial charge in [0, 0.05) is 25.3 Å². The molecule has 0 bridgehead atoms. The molecule has 2 amide bonds. The Labute approximate surface area is 105 Å². The first-order chi connectivity index (χ1) is 8.66. The fourth-order valence-electron chi connectivity index (χ4n) is 1.87. The highest BCUT2D eigenvalue weighted by Gasteiger charge is 2.23. The van der Waals surface area contributed by atoms with Crippen molar-refractivity contribution in [3.8, 4) is 0 Å². The number of aromatic nitrogens is 1. The summed E-state index contributed by atoms with van der Waals surface area (Å²) in [5.74, 6) is -0.445. The number of likely N-dealkylation sites (tertiary alicyclic amines) is 1. The van der Waals surface area contributed by atoms with Crippen LogP contribution in [0.25, 0.3) is 0 Å². The Morgan fingerprint density at radius 2 is 2.33 bits per heavy atom. The molecule has 0 spiro atoms. The van der Waals surface area contributed by atoms with Crippen LogP contribution in [-0.2, 0) is 4.79 Å². The average Bonchev–Trinajstić information content (AvgIpc) is 2.83. The molecular weight excluding hydrogens is 232 g/mol. The van der Waals surface area contributed by atoms with Gasteiger partial charge in [-0.25, -0.2) is 0 Å². The number of hydrogen-bond donors (Lipinski definition) is 2. The lowest BCUT2D eigenvalue weighted by molar-refractivity contribution is -0.129. The molecule has 0 aliphatic carbocycles. The monoisotopic (exact) mass is 248 g/mol. The topological polar surface area (TPSA) is 88.3 Å². The summed E-state index contributed by atoms with van der Waals surface area (Å²) in [4.78, 5) is 29.0. The second-order valence-electron chi connectivity index (χ2n) is 4.29. The zero-order valence-corrected chi connectivity index (χ0v) is 10.0. The highest BCUT2D eigenvalue weighted by Crippen LogP contribution is 2.06. The number of carbonyl (C=O) groups excluding carboxylic acids is 2. The maximum absolute atomic E-state index is 11.8. The Bertz CT molecular complexity index is 435. The molecule has 0 radical (unpaired) electrons. The van der Waals surface area contributed by atoms with Gasteiger partial charge in [0.05, 0.1) is 6.54 Å². The summed E-state index contributed by atoms with van der Waals surface area (Å²) in [7, 11) is 0. The predicted octanol–water partition coefficient (Wildman–Crippen LogP) is -0.629. The van der Waals surface area contributed by atoms with Crippen LogP contribution in [-0.4, -0.2) is 47.4 Å². The van der Waals surface area contributed by atoms with Crippen molar-refractivity contribution in [2.75, 3.05) is 19.6 Å². The van der Waals surface area contributed by atoms with Gasteiger partial charge in [-0.05, 0) is 18.6 Å². The molecule has 3 N–H and O–H groups in total. The smallest absolute Gasteiger partial charge is 0.270 e.